The highest BCUT2D eigenvalue weighted by atomic mass is 127. The molecule has 2 N–H and O–H groups in total. The highest BCUT2D eigenvalue weighted by Crippen LogP contribution is 2.21. The lowest BCUT2D eigenvalue weighted by Crippen LogP contribution is -2.40. The van der Waals surface area contributed by atoms with E-state index in [4.69, 9.17) is 4.74 Å². The minimum absolute atomic E-state index is 0.396. The summed E-state index contributed by atoms with van der Waals surface area (Å²) >= 11 is 2.08. The second-order valence-corrected chi connectivity index (χ2v) is 5.70. The predicted molar refractivity (Wildman–Crippen MR) is 96.8 cm³/mol. The Morgan fingerprint density at radius 2 is 1.83 bits per heavy atom. The van der Waals surface area contributed by atoms with E-state index in [0.29, 0.717) is 11.3 Å². The summed E-state index contributed by atoms with van der Waals surface area (Å²) in [6.45, 7) is 0. The molecule has 0 atom stereocenters. The van der Waals surface area contributed by atoms with Crippen LogP contribution < -0.4 is 15.6 Å². The molecular formula is C17H15IN2O3. The molecule has 0 unspecified atom stereocenters. The molecule has 2 aromatic rings. The van der Waals surface area contributed by atoms with Gasteiger partial charge in [0.05, 0.1) is 10.7 Å². The average molecular weight is 422 g/mol. The van der Waals surface area contributed by atoms with Crippen LogP contribution in [0.5, 0.6) is 5.75 Å². The third-order valence-corrected chi connectivity index (χ3v) is 3.78. The third-order valence-electron chi connectivity index (χ3n) is 2.94. The Kier molecular flexibility index (Phi) is 6.16. The molecule has 23 heavy (non-hydrogen) atoms. The van der Waals surface area contributed by atoms with Gasteiger partial charge in [0.2, 0.25) is 0 Å². The lowest BCUT2D eigenvalue weighted by atomic mass is 10.2. The van der Waals surface area contributed by atoms with Crippen molar-refractivity contribution in [3.63, 3.8) is 0 Å². The lowest BCUT2D eigenvalue weighted by molar-refractivity contribution is -0.117. The summed E-state index contributed by atoms with van der Waals surface area (Å²) in [5, 5.41) is 0. The number of nitrogens with one attached hydrogen (secondary N) is 2. The zero-order valence-electron chi connectivity index (χ0n) is 12.4. The Morgan fingerprint density at radius 1 is 1.09 bits per heavy atom. The first-order chi connectivity index (χ1) is 11.1. The number of carbonyl (C=O) groups excluding carboxylic acids is 2. The summed E-state index contributed by atoms with van der Waals surface area (Å²) in [7, 11) is 1.57. The first-order valence-electron chi connectivity index (χ1n) is 6.77. The predicted octanol–water partition coefficient (Wildman–Crippen LogP) is 2.77. The van der Waals surface area contributed by atoms with Gasteiger partial charge >= 0.3 is 0 Å². The van der Waals surface area contributed by atoms with Gasteiger partial charge in [0, 0.05) is 11.6 Å². The quantitative estimate of drug-likeness (QED) is 0.453. The van der Waals surface area contributed by atoms with Gasteiger partial charge in [-0.3, -0.25) is 20.4 Å². The topological polar surface area (TPSA) is 67.4 Å². The normalized spacial score (nSPS) is 10.3. The molecule has 0 spiro atoms. The van der Waals surface area contributed by atoms with Crippen LogP contribution in [0, 0.1) is 3.57 Å². The number of ether oxygens (including phenoxy) is 1. The Balaban J connectivity index is 1.90. The largest absolute Gasteiger partial charge is 0.496 e. The maximum absolute atomic E-state index is 12.0. The van der Waals surface area contributed by atoms with Crippen molar-refractivity contribution in [3.05, 3.63) is 69.3 Å². The van der Waals surface area contributed by atoms with Gasteiger partial charge in [-0.25, -0.2) is 0 Å². The highest BCUT2D eigenvalue weighted by Gasteiger charge is 2.09. The minimum Gasteiger partial charge on any atom is -0.496 e. The standard InChI is InChI=1S/C17H15IN2O3/c1-23-15-9-8-13(11-14(15)18)17(22)20-19-16(21)10-7-12-5-3-2-4-6-12/h2-11H,1H3,(H,19,21)(H,20,22)/b10-7-. The molecule has 5 nitrogen and oxygen atoms in total. The Hall–Kier alpha value is -2.35. The van der Waals surface area contributed by atoms with Gasteiger partial charge in [-0.2, -0.15) is 0 Å². The maximum Gasteiger partial charge on any atom is 0.269 e. The van der Waals surface area contributed by atoms with Crippen molar-refractivity contribution in [2.75, 3.05) is 7.11 Å². The van der Waals surface area contributed by atoms with E-state index < -0.39 is 11.8 Å². The van der Waals surface area contributed by atoms with Crippen LogP contribution in [0.4, 0.5) is 0 Å². The van der Waals surface area contributed by atoms with Gasteiger partial charge in [0.15, 0.2) is 0 Å². The maximum atomic E-state index is 12.0. The number of amides is 2. The summed E-state index contributed by atoms with van der Waals surface area (Å²) < 4.78 is 5.95. The molecule has 2 aromatic carbocycles. The van der Waals surface area contributed by atoms with Crippen molar-refractivity contribution in [1.29, 1.82) is 0 Å². The molecule has 0 bridgehead atoms. The van der Waals surface area contributed by atoms with Crippen LogP contribution in [0.1, 0.15) is 15.9 Å². The molecule has 0 aromatic heterocycles. The number of carbonyl (C=O) groups is 2. The summed E-state index contributed by atoms with van der Waals surface area (Å²) in [6, 6.07) is 14.4. The average Bonchev–Trinajstić information content (AvgIpc) is 2.58. The molecule has 0 aliphatic rings. The van der Waals surface area contributed by atoms with Gasteiger partial charge in [-0.1, -0.05) is 30.3 Å². The smallest absolute Gasteiger partial charge is 0.269 e. The van der Waals surface area contributed by atoms with Crippen LogP contribution in [0.25, 0.3) is 6.08 Å². The van der Waals surface area contributed by atoms with Crippen LogP contribution in [-0.4, -0.2) is 18.9 Å². The van der Waals surface area contributed by atoms with Gasteiger partial charge in [0.25, 0.3) is 11.8 Å². The first-order valence-corrected chi connectivity index (χ1v) is 7.85. The molecule has 2 amide bonds. The zero-order valence-corrected chi connectivity index (χ0v) is 14.5. The second kappa shape index (κ2) is 8.33. The van der Waals surface area contributed by atoms with Crippen molar-refractivity contribution in [3.8, 4) is 5.75 Å². The molecule has 0 aliphatic heterocycles. The fourth-order valence-electron chi connectivity index (χ4n) is 1.78. The number of halogens is 1. The van der Waals surface area contributed by atoms with E-state index in [9.17, 15) is 9.59 Å². The van der Waals surface area contributed by atoms with Crippen molar-refractivity contribution in [1.82, 2.24) is 10.9 Å². The molecule has 0 radical (unpaired) electrons. The molecular weight excluding hydrogens is 407 g/mol. The van der Waals surface area contributed by atoms with Crippen LogP contribution in [0.3, 0.4) is 0 Å². The number of methoxy groups -OCH3 is 1. The second-order valence-electron chi connectivity index (χ2n) is 4.54. The van der Waals surface area contributed by atoms with E-state index in [1.54, 1.807) is 31.4 Å². The van der Waals surface area contributed by atoms with E-state index >= 15 is 0 Å². The molecule has 118 valence electrons. The fourth-order valence-corrected chi connectivity index (χ4v) is 2.51. The van der Waals surface area contributed by atoms with Crippen LogP contribution in [-0.2, 0) is 4.79 Å². The molecule has 2 rings (SSSR count). The number of benzene rings is 2. The number of rotatable bonds is 4. The van der Waals surface area contributed by atoms with Crippen molar-refractivity contribution in [2.45, 2.75) is 0 Å². The highest BCUT2D eigenvalue weighted by molar-refractivity contribution is 14.1. The number of hydrogen-bond donors (Lipinski definition) is 2. The number of hydrogen-bond acceptors (Lipinski definition) is 3. The Labute approximate surface area is 147 Å². The third kappa shape index (κ3) is 5.10. The van der Waals surface area contributed by atoms with Gasteiger partial charge in [-0.05, 0) is 52.4 Å². The lowest BCUT2D eigenvalue weighted by Gasteiger charge is -2.07. The summed E-state index contributed by atoms with van der Waals surface area (Å²) in [5.74, 6) is -0.116. The van der Waals surface area contributed by atoms with E-state index in [-0.39, 0.29) is 0 Å². The van der Waals surface area contributed by atoms with E-state index in [1.807, 2.05) is 30.3 Å². The van der Waals surface area contributed by atoms with E-state index in [2.05, 4.69) is 33.4 Å². The molecule has 0 saturated heterocycles. The minimum atomic E-state index is -0.412. The fraction of sp³-hybridized carbons (Fsp3) is 0.0588. The van der Waals surface area contributed by atoms with Crippen LogP contribution in [0.2, 0.25) is 0 Å². The first kappa shape index (κ1) is 17.0. The van der Waals surface area contributed by atoms with Crippen LogP contribution in [0.15, 0.2) is 54.6 Å². The molecule has 6 heteroatoms. The van der Waals surface area contributed by atoms with Crippen molar-refractivity contribution >= 4 is 40.5 Å². The van der Waals surface area contributed by atoms with Crippen molar-refractivity contribution in [2.24, 2.45) is 0 Å². The van der Waals surface area contributed by atoms with E-state index in [1.165, 1.54) is 6.08 Å². The Bertz CT molecular complexity index is 730. The van der Waals surface area contributed by atoms with E-state index in [0.717, 1.165) is 9.13 Å². The molecule has 0 aliphatic carbocycles. The summed E-state index contributed by atoms with van der Waals surface area (Å²) in [5.41, 5.74) is 6.04. The zero-order chi connectivity index (χ0) is 16.7. The van der Waals surface area contributed by atoms with Gasteiger partial charge in [0.1, 0.15) is 5.75 Å². The van der Waals surface area contributed by atoms with Gasteiger partial charge in [-0.15, -0.1) is 0 Å². The SMILES string of the molecule is COc1ccc(C(=O)NNC(=O)/C=C\c2ccccc2)cc1I. The molecule has 0 saturated carbocycles. The summed E-state index contributed by atoms with van der Waals surface area (Å²) in [4.78, 5) is 23.7. The van der Waals surface area contributed by atoms with Gasteiger partial charge < -0.3 is 4.74 Å². The monoisotopic (exact) mass is 422 g/mol. The summed E-state index contributed by atoms with van der Waals surface area (Å²) in [6.07, 6.45) is 3.02. The van der Waals surface area contributed by atoms with Crippen molar-refractivity contribution < 1.29 is 14.3 Å². The Morgan fingerprint density at radius 3 is 2.48 bits per heavy atom. The number of hydrazine groups is 1. The van der Waals surface area contributed by atoms with Crippen LogP contribution >= 0.6 is 22.6 Å². The molecule has 0 fully saturated rings. The molecule has 0 heterocycles.